The Bertz CT molecular complexity index is 819. The maximum Gasteiger partial charge on any atom is 0.346 e. The Hall–Kier alpha value is -1.51. The Labute approximate surface area is 157 Å². The lowest BCUT2D eigenvalue weighted by molar-refractivity contribution is 0.0825. The Kier molecular flexibility index (Phi) is 4.98. The number of nitrogens with zero attached hydrogens (tertiary/aromatic N) is 4. The van der Waals surface area contributed by atoms with Gasteiger partial charge in [0, 0.05) is 24.6 Å². The molecule has 4 rings (SSSR count). The van der Waals surface area contributed by atoms with Crippen LogP contribution in [0.4, 0.5) is 0 Å². The third kappa shape index (κ3) is 3.25. The molecule has 3 atom stereocenters. The summed E-state index contributed by atoms with van der Waals surface area (Å²) in [7, 11) is 0. The molecule has 7 nitrogen and oxygen atoms in total. The Morgan fingerprint density at radius 2 is 2.15 bits per heavy atom. The molecule has 0 saturated carbocycles. The molecule has 2 saturated heterocycles. The first-order valence-electron chi connectivity index (χ1n) is 9.41. The van der Waals surface area contributed by atoms with Gasteiger partial charge in [-0.1, -0.05) is 6.92 Å². The summed E-state index contributed by atoms with van der Waals surface area (Å²) in [4.78, 5) is 17.6. The van der Waals surface area contributed by atoms with Crippen molar-refractivity contribution in [1.29, 1.82) is 0 Å². The van der Waals surface area contributed by atoms with Gasteiger partial charge in [0.15, 0.2) is 5.82 Å². The molecule has 0 aliphatic carbocycles. The number of hydrogen-bond acceptors (Lipinski definition) is 6. The van der Waals surface area contributed by atoms with Crippen molar-refractivity contribution in [1.82, 2.24) is 19.3 Å². The van der Waals surface area contributed by atoms with E-state index in [2.05, 4.69) is 17.0 Å². The monoisotopic (exact) mass is 378 g/mol. The molecule has 0 aromatic carbocycles. The smallest absolute Gasteiger partial charge is 0.346 e. The van der Waals surface area contributed by atoms with Crippen molar-refractivity contribution in [2.45, 2.75) is 64.8 Å². The molecule has 0 radical (unpaired) electrons. The quantitative estimate of drug-likeness (QED) is 0.800. The largest absolute Gasteiger partial charge is 0.371 e. The average molecular weight is 378 g/mol. The van der Waals surface area contributed by atoms with Crippen molar-refractivity contribution >= 4 is 11.3 Å². The van der Waals surface area contributed by atoms with Crippen LogP contribution in [0.5, 0.6) is 0 Å². The molecule has 0 amide bonds. The van der Waals surface area contributed by atoms with Crippen LogP contribution in [0.1, 0.15) is 74.8 Å². The topological polar surface area (TPSA) is 71.2 Å². The van der Waals surface area contributed by atoms with Crippen LogP contribution < -0.4 is 5.69 Å². The van der Waals surface area contributed by atoms with E-state index in [1.807, 2.05) is 19.2 Å². The van der Waals surface area contributed by atoms with Gasteiger partial charge in [-0.05, 0) is 39.0 Å². The predicted molar refractivity (Wildman–Crippen MR) is 98.5 cm³/mol. The van der Waals surface area contributed by atoms with E-state index in [1.165, 1.54) is 4.68 Å². The molecule has 0 spiro atoms. The number of ether oxygens (including phenoxy) is 2. The minimum atomic E-state index is -0.107. The first kappa shape index (κ1) is 17.9. The number of rotatable bonds is 5. The molecule has 2 aliphatic rings. The van der Waals surface area contributed by atoms with Crippen LogP contribution in [-0.2, 0) is 16.0 Å². The van der Waals surface area contributed by atoms with E-state index >= 15 is 0 Å². The minimum Gasteiger partial charge on any atom is -0.371 e. The second kappa shape index (κ2) is 7.25. The number of aromatic nitrogens is 4. The molecule has 2 aromatic rings. The summed E-state index contributed by atoms with van der Waals surface area (Å²) in [6.07, 6.45) is 3.11. The summed E-state index contributed by atoms with van der Waals surface area (Å²) in [5.41, 5.74) is 0.771. The highest BCUT2D eigenvalue weighted by molar-refractivity contribution is 7.09. The van der Waals surface area contributed by atoms with Crippen LogP contribution in [0, 0.1) is 5.92 Å². The molecule has 0 bridgehead atoms. The standard InChI is InChI=1S/C18H26N4O3S/c1-11(2)22-16(15-12(3)6-8-25-15)20-21(18(22)23)9-13-10-26-17(19-13)14-5-4-7-24-14/h10-12,14-15H,4-9H2,1-3H3/t12-,14?,15+/m1/s1. The summed E-state index contributed by atoms with van der Waals surface area (Å²) < 4.78 is 14.9. The normalized spacial score (nSPS) is 26.2. The molecular formula is C18H26N4O3S. The summed E-state index contributed by atoms with van der Waals surface area (Å²) in [5, 5.41) is 7.65. The molecule has 2 aromatic heterocycles. The zero-order valence-corrected chi connectivity index (χ0v) is 16.4. The first-order chi connectivity index (χ1) is 12.5. The average Bonchev–Trinajstić information content (AvgIpc) is 3.36. The van der Waals surface area contributed by atoms with Crippen LogP contribution in [0.25, 0.3) is 0 Å². The number of hydrogen-bond donors (Lipinski definition) is 0. The highest BCUT2D eigenvalue weighted by atomic mass is 32.1. The Morgan fingerprint density at radius 1 is 1.31 bits per heavy atom. The van der Waals surface area contributed by atoms with E-state index in [9.17, 15) is 4.79 Å². The van der Waals surface area contributed by atoms with E-state index in [0.29, 0.717) is 12.5 Å². The highest BCUT2D eigenvalue weighted by Crippen LogP contribution is 2.34. The lowest BCUT2D eigenvalue weighted by atomic mass is 10.0. The fourth-order valence-electron chi connectivity index (χ4n) is 3.71. The summed E-state index contributed by atoms with van der Waals surface area (Å²) >= 11 is 1.60. The maximum atomic E-state index is 12.9. The fraction of sp³-hybridized carbons (Fsp3) is 0.722. The maximum absolute atomic E-state index is 12.9. The third-order valence-electron chi connectivity index (χ3n) is 5.14. The van der Waals surface area contributed by atoms with Crippen molar-refractivity contribution in [2.24, 2.45) is 5.92 Å². The second-order valence-corrected chi connectivity index (χ2v) is 8.39. The Balaban J connectivity index is 1.61. The first-order valence-corrected chi connectivity index (χ1v) is 10.3. The lowest BCUT2D eigenvalue weighted by Gasteiger charge is -2.16. The van der Waals surface area contributed by atoms with Gasteiger partial charge in [-0.15, -0.1) is 11.3 Å². The molecule has 2 aliphatic heterocycles. The van der Waals surface area contributed by atoms with Crippen molar-refractivity contribution in [2.75, 3.05) is 13.2 Å². The van der Waals surface area contributed by atoms with Crippen molar-refractivity contribution < 1.29 is 9.47 Å². The predicted octanol–water partition coefficient (Wildman–Crippen LogP) is 3.08. The second-order valence-electron chi connectivity index (χ2n) is 7.50. The third-order valence-corrected chi connectivity index (χ3v) is 6.13. The van der Waals surface area contributed by atoms with Gasteiger partial charge in [0.05, 0.1) is 12.2 Å². The van der Waals surface area contributed by atoms with Crippen LogP contribution in [0.15, 0.2) is 10.2 Å². The van der Waals surface area contributed by atoms with E-state index in [4.69, 9.17) is 9.47 Å². The van der Waals surface area contributed by atoms with Crippen molar-refractivity contribution in [3.05, 3.63) is 32.4 Å². The molecule has 4 heterocycles. The summed E-state index contributed by atoms with van der Waals surface area (Å²) in [5.74, 6) is 1.11. The van der Waals surface area contributed by atoms with Crippen LogP contribution in [0.2, 0.25) is 0 Å². The summed E-state index contributed by atoms with van der Waals surface area (Å²) in [6.45, 7) is 8.09. The Morgan fingerprint density at radius 3 is 2.81 bits per heavy atom. The van der Waals surface area contributed by atoms with Gasteiger partial charge in [-0.25, -0.2) is 14.5 Å². The van der Waals surface area contributed by atoms with Gasteiger partial charge in [0.25, 0.3) is 0 Å². The molecule has 8 heteroatoms. The van der Waals surface area contributed by atoms with Gasteiger partial charge >= 0.3 is 5.69 Å². The zero-order valence-electron chi connectivity index (χ0n) is 15.6. The van der Waals surface area contributed by atoms with Crippen molar-refractivity contribution in [3.8, 4) is 0 Å². The molecular weight excluding hydrogens is 352 g/mol. The summed E-state index contributed by atoms with van der Waals surface area (Å²) in [6, 6.07) is 0.0422. The van der Waals surface area contributed by atoms with Gasteiger partial charge < -0.3 is 9.47 Å². The van der Waals surface area contributed by atoms with Crippen LogP contribution in [0.3, 0.4) is 0 Å². The zero-order chi connectivity index (χ0) is 18.3. The van der Waals surface area contributed by atoms with Gasteiger partial charge in [0.1, 0.15) is 17.2 Å². The SMILES string of the molecule is CC(C)n1c([C@H]2OCC[C@H]2C)nn(Cc2csc(C3CCCO3)n2)c1=O. The van der Waals surface area contributed by atoms with E-state index < -0.39 is 0 Å². The molecule has 142 valence electrons. The lowest BCUT2D eigenvalue weighted by Crippen LogP contribution is -2.28. The molecule has 0 N–H and O–H groups in total. The van der Waals surface area contributed by atoms with Crippen LogP contribution in [-0.4, -0.2) is 32.5 Å². The van der Waals surface area contributed by atoms with E-state index in [0.717, 1.165) is 49.0 Å². The fourth-order valence-corrected chi connectivity index (χ4v) is 4.61. The van der Waals surface area contributed by atoms with Crippen LogP contribution >= 0.6 is 11.3 Å². The number of thiazole rings is 1. The molecule has 26 heavy (non-hydrogen) atoms. The molecule has 1 unspecified atom stereocenters. The van der Waals surface area contributed by atoms with Gasteiger partial charge in [0.2, 0.25) is 0 Å². The molecule has 2 fully saturated rings. The van der Waals surface area contributed by atoms with Gasteiger partial charge in [-0.2, -0.15) is 5.10 Å². The van der Waals surface area contributed by atoms with E-state index in [-0.39, 0.29) is 23.9 Å². The van der Waals surface area contributed by atoms with Crippen molar-refractivity contribution in [3.63, 3.8) is 0 Å². The minimum absolute atomic E-state index is 0.0422. The van der Waals surface area contributed by atoms with E-state index in [1.54, 1.807) is 15.9 Å². The van der Waals surface area contributed by atoms with Gasteiger partial charge in [-0.3, -0.25) is 4.57 Å². The highest BCUT2D eigenvalue weighted by Gasteiger charge is 2.32.